The first-order valence-corrected chi connectivity index (χ1v) is 6.18. The first-order valence-electron chi connectivity index (χ1n) is 5.81. The molecular formula is C13H16ClN3O2. The van der Waals surface area contributed by atoms with Crippen LogP contribution in [0.1, 0.15) is 11.1 Å². The van der Waals surface area contributed by atoms with Crippen molar-refractivity contribution in [2.75, 3.05) is 7.11 Å². The van der Waals surface area contributed by atoms with E-state index in [-0.39, 0.29) is 0 Å². The van der Waals surface area contributed by atoms with E-state index in [0.717, 1.165) is 11.1 Å². The third kappa shape index (κ3) is 3.19. The van der Waals surface area contributed by atoms with Gasteiger partial charge in [0.25, 0.3) is 0 Å². The standard InChI is InChI=1S/C13H16ClN3O2/c1-17-7-9(6-16-17)8-19-13-10(5-15)3-11(14)4-12(13)18-2/h3-4,6-7H,5,8,15H2,1-2H3. The van der Waals surface area contributed by atoms with E-state index in [2.05, 4.69) is 5.10 Å². The molecule has 0 saturated heterocycles. The van der Waals surface area contributed by atoms with Crippen molar-refractivity contribution in [2.45, 2.75) is 13.2 Å². The van der Waals surface area contributed by atoms with Gasteiger partial charge in [0.15, 0.2) is 11.5 Å². The molecule has 5 nitrogen and oxygen atoms in total. The van der Waals surface area contributed by atoms with Gasteiger partial charge in [0.1, 0.15) is 6.61 Å². The van der Waals surface area contributed by atoms with Crippen molar-refractivity contribution in [1.82, 2.24) is 9.78 Å². The van der Waals surface area contributed by atoms with Crippen molar-refractivity contribution >= 4 is 11.6 Å². The highest BCUT2D eigenvalue weighted by molar-refractivity contribution is 6.30. The minimum atomic E-state index is 0.333. The summed E-state index contributed by atoms with van der Waals surface area (Å²) < 4.78 is 12.8. The van der Waals surface area contributed by atoms with Crippen LogP contribution in [0.25, 0.3) is 0 Å². The highest BCUT2D eigenvalue weighted by Crippen LogP contribution is 2.35. The molecule has 2 aromatic rings. The fourth-order valence-electron chi connectivity index (χ4n) is 1.79. The van der Waals surface area contributed by atoms with Crippen LogP contribution >= 0.6 is 11.6 Å². The third-order valence-corrected chi connectivity index (χ3v) is 2.90. The second-order valence-corrected chi connectivity index (χ2v) is 4.55. The monoisotopic (exact) mass is 281 g/mol. The molecule has 0 bridgehead atoms. The lowest BCUT2D eigenvalue weighted by Gasteiger charge is -2.14. The van der Waals surface area contributed by atoms with Crippen LogP contribution in [0, 0.1) is 0 Å². The second kappa shape index (κ2) is 5.95. The van der Waals surface area contributed by atoms with Gasteiger partial charge in [-0.2, -0.15) is 5.10 Å². The molecule has 1 heterocycles. The molecule has 1 aromatic carbocycles. The Bertz CT molecular complexity index is 544. The van der Waals surface area contributed by atoms with Gasteiger partial charge in [-0.05, 0) is 6.07 Å². The summed E-state index contributed by atoms with van der Waals surface area (Å²) in [6, 6.07) is 3.49. The average molecular weight is 282 g/mol. The lowest BCUT2D eigenvalue weighted by Crippen LogP contribution is -2.04. The lowest BCUT2D eigenvalue weighted by molar-refractivity contribution is 0.281. The summed E-state index contributed by atoms with van der Waals surface area (Å²) in [5.41, 5.74) is 7.49. The zero-order chi connectivity index (χ0) is 13.8. The SMILES string of the molecule is COc1cc(Cl)cc(CN)c1OCc1cnn(C)c1. The van der Waals surface area contributed by atoms with Gasteiger partial charge in [-0.3, -0.25) is 4.68 Å². The first kappa shape index (κ1) is 13.7. The highest BCUT2D eigenvalue weighted by Gasteiger charge is 2.12. The van der Waals surface area contributed by atoms with Crippen molar-refractivity contribution in [1.29, 1.82) is 0 Å². The number of nitrogens with zero attached hydrogens (tertiary/aromatic N) is 2. The van der Waals surface area contributed by atoms with Gasteiger partial charge in [0.2, 0.25) is 0 Å². The molecule has 0 spiro atoms. The second-order valence-electron chi connectivity index (χ2n) is 4.11. The van der Waals surface area contributed by atoms with Gasteiger partial charge in [0.05, 0.1) is 13.3 Å². The van der Waals surface area contributed by atoms with Crippen LogP contribution in [0.15, 0.2) is 24.5 Å². The van der Waals surface area contributed by atoms with Crippen LogP contribution in [-0.4, -0.2) is 16.9 Å². The van der Waals surface area contributed by atoms with E-state index in [9.17, 15) is 0 Å². The average Bonchev–Trinajstić information content (AvgIpc) is 2.81. The molecule has 0 aliphatic carbocycles. The molecule has 102 valence electrons. The number of hydrogen-bond acceptors (Lipinski definition) is 4. The fourth-order valence-corrected chi connectivity index (χ4v) is 2.02. The predicted molar refractivity (Wildman–Crippen MR) is 73.4 cm³/mol. The molecule has 0 saturated carbocycles. The molecule has 0 unspecified atom stereocenters. The van der Waals surface area contributed by atoms with Crippen LogP contribution in [-0.2, 0) is 20.2 Å². The van der Waals surface area contributed by atoms with Gasteiger partial charge in [0, 0.05) is 42.0 Å². The van der Waals surface area contributed by atoms with Crippen LogP contribution in [0.5, 0.6) is 11.5 Å². The Morgan fingerprint density at radius 3 is 2.79 bits per heavy atom. The van der Waals surface area contributed by atoms with Crippen LogP contribution in [0.4, 0.5) is 0 Å². The Hall–Kier alpha value is -1.72. The number of benzene rings is 1. The van der Waals surface area contributed by atoms with Crippen LogP contribution in [0.2, 0.25) is 5.02 Å². The van der Waals surface area contributed by atoms with Crippen molar-refractivity contribution in [3.05, 3.63) is 40.7 Å². The largest absolute Gasteiger partial charge is 0.493 e. The minimum Gasteiger partial charge on any atom is -0.493 e. The quantitative estimate of drug-likeness (QED) is 0.912. The maximum atomic E-state index is 6.00. The number of aromatic nitrogens is 2. The van der Waals surface area contributed by atoms with E-state index in [0.29, 0.717) is 29.7 Å². The van der Waals surface area contributed by atoms with Gasteiger partial charge in [-0.1, -0.05) is 11.6 Å². The first-order chi connectivity index (χ1) is 9.13. The van der Waals surface area contributed by atoms with E-state index in [4.69, 9.17) is 26.8 Å². The van der Waals surface area contributed by atoms with E-state index < -0.39 is 0 Å². The minimum absolute atomic E-state index is 0.333. The number of methoxy groups -OCH3 is 1. The zero-order valence-corrected chi connectivity index (χ0v) is 11.6. The van der Waals surface area contributed by atoms with Gasteiger partial charge < -0.3 is 15.2 Å². The van der Waals surface area contributed by atoms with Crippen molar-refractivity contribution < 1.29 is 9.47 Å². The van der Waals surface area contributed by atoms with Crippen molar-refractivity contribution in [3.63, 3.8) is 0 Å². The zero-order valence-electron chi connectivity index (χ0n) is 10.9. The van der Waals surface area contributed by atoms with E-state index in [1.54, 1.807) is 30.1 Å². The van der Waals surface area contributed by atoms with E-state index >= 15 is 0 Å². The fraction of sp³-hybridized carbons (Fsp3) is 0.308. The van der Waals surface area contributed by atoms with E-state index in [1.165, 1.54) is 0 Å². The molecule has 0 amide bonds. The Labute approximate surface area is 116 Å². The number of ether oxygens (including phenoxy) is 2. The molecule has 19 heavy (non-hydrogen) atoms. The van der Waals surface area contributed by atoms with Crippen LogP contribution in [0.3, 0.4) is 0 Å². The topological polar surface area (TPSA) is 62.3 Å². The normalized spacial score (nSPS) is 10.5. The number of rotatable bonds is 5. The maximum absolute atomic E-state index is 6.00. The van der Waals surface area contributed by atoms with Crippen molar-refractivity contribution in [3.8, 4) is 11.5 Å². The number of aryl methyl sites for hydroxylation is 1. The number of halogens is 1. The summed E-state index contributed by atoms with van der Waals surface area (Å²) in [5, 5.41) is 4.66. The summed E-state index contributed by atoms with van der Waals surface area (Å²) in [6.45, 7) is 0.734. The predicted octanol–water partition coefficient (Wildman–Crippen LogP) is 2.12. The van der Waals surface area contributed by atoms with E-state index in [1.807, 2.05) is 13.2 Å². The summed E-state index contributed by atoms with van der Waals surface area (Å²) >= 11 is 6.00. The molecule has 0 aliphatic rings. The smallest absolute Gasteiger partial charge is 0.166 e. The summed E-state index contributed by atoms with van der Waals surface area (Å²) in [5.74, 6) is 1.20. The Balaban J connectivity index is 2.23. The summed E-state index contributed by atoms with van der Waals surface area (Å²) in [7, 11) is 3.43. The molecule has 2 rings (SSSR count). The molecule has 0 aliphatic heterocycles. The molecule has 1 aromatic heterocycles. The highest BCUT2D eigenvalue weighted by atomic mass is 35.5. The summed E-state index contributed by atoms with van der Waals surface area (Å²) in [6.07, 6.45) is 3.65. The number of hydrogen-bond donors (Lipinski definition) is 1. The maximum Gasteiger partial charge on any atom is 0.166 e. The van der Waals surface area contributed by atoms with Crippen LogP contribution < -0.4 is 15.2 Å². The molecule has 0 atom stereocenters. The van der Waals surface area contributed by atoms with Gasteiger partial charge in [-0.25, -0.2) is 0 Å². The Morgan fingerprint density at radius 1 is 1.42 bits per heavy atom. The molecule has 0 fully saturated rings. The van der Waals surface area contributed by atoms with Crippen molar-refractivity contribution in [2.24, 2.45) is 12.8 Å². The lowest BCUT2D eigenvalue weighted by atomic mass is 10.2. The molecule has 0 radical (unpaired) electrons. The molecular weight excluding hydrogens is 266 g/mol. The Kier molecular flexibility index (Phi) is 4.29. The molecule has 2 N–H and O–H groups in total. The molecule has 6 heteroatoms. The third-order valence-electron chi connectivity index (χ3n) is 2.68. The Morgan fingerprint density at radius 2 is 2.21 bits per heavy atom. The van der Waals surface area contributed by atoms with Gasteiger partial charge >= 0.3 is 0 Å². The number of nitrogens with two attached hydrogens (primary N) is 1. The van der Waals surface area contributed by atoms with Gasteiger partial charge in [-0.15, -0.1) is 0 Å². The summed E-state index contributed by atoms with van der Waals surface area (Å²) in [4.78, 5) is 0.